The molecular weight excluding hydrogens is 146 g/mol. The third-order valence-corrected chi connectivity index (χ3v) is 1.75. The predicted octanol–water partition coefficient (Wildman–Crippen LogP) is 3.08. The van der Waals surface area contributed by atoms with Gasteiger partial charge in [0.2, 0.25) is 0 Å². The molecular formula is C11H15N. The van der Waals surface area contributed by atoms with Crippen molar-refractivity contribution in [2.75, 3.05) is 5.73 Å². The summed E-state index contributed by atoms with van der Waals surface area (Å²) in [6, 6.07) is 7.90. The summed E-state index contributed by atoms with van der Waals surface area (Å²) in [5.74, 6) is 0. The number of anilines is 1. The van der Waals surface area contributed by atoms with E-state index >= 15 is 0 Å². The van der Waals surface area contributed by atoms with Gasteiger partial charge in [-0.1, -0.05) is 43.7 Å². The molecule has 0 saturated carbocycles. The van der Waals surface area contributed by atoms with Gasteiger partial charge >= 0.3 is 0 Å². The lowest BCUT2D eigenvalue weighted by molar-refractivity contribution is 0.962. The number of rotatable bonds is 3. The standard InChI is InChI=1S/C11H15N/c1-2-3-4-7-10-8-5-6-9-11(10)12/h4-9H,2-3,12H2,1H3/b7-4+. The van der Waals surface area contributed by atoms with Crippen LogP contribution in [0.25, 0.3) is 6.08 Å². The third kappa shape index (κ3) is 2.42. The molecule has 1 rings (SSSR count). The van der Waals surface area contributed by atoms with Crippen molar-refractivity contribution in [3.05, 3.63) is 35.9 Å². The molecule has 0 unspecified atom stereocenters. The molecule has 0 spiro atoms. The number of para-hydroxylation sites is 1. The van der Waals surface area contributed by atoms with Gasteiger partial charge in [-0.3, -0.25) is 0 Å². The summed E-state index contributed by atoms with van der Waals surface area (Å²) in [7, 11) is 0. The molecule has 12 heavy (non-hydrogen) atoms. The summed E-state index contributed by atoms with van der Waals surface area (Å²) in [5, 5.41) is 0. The van der Waals surface area contributed by atoms with E-state index in [0.717, 1.165) is 17.7 Å². The molecule has 0 saturated heterocycles. The molecule has 2 N–H and O–H groups in total. The fraction of sp³-hybridized carbons (Fsp3) is 0.273. The number of hydrogen-bond donors (Lipinski definition) is 1. The van der Waals surface area contributed by atoms with E-state index in [0.29, 0.717) is 0 Å². The van der Waals surface area contributed by atoms with E-state index in [4.69, 9.17) is 5.73 Å². The van der Waals surface area contributed by atoms with Crippen molar-refractivity contribution in [2.45, 2.75) is 19.8 Å². The minimum atomic E-state index is 0.852. The Hall–Kier alpha value is -1.24. The lowest BCUT2D eigenvalue weighted by Gasteiger charge is -1.97. The van der Waals surface area contributed by atoms with Gasteiger partial charge in [-0.05, 0) is 18.1 Å². The Morgan fingerprint density at radius 1 is 1.33 bits per heavy atom. The third-order valence-electron chi connectivity index (χ3n) is 1.75. The average Bonchev–Trinajstić information content (AvgIpc) is 2.09. The fourth-order valence-corrected chi connectivity index (χ4v) is 1.04. The molecule has 0 radical (unpaired) electrons. The predicted molar refractivity (Wildman–Crippen MR) is 54.8 cm³/mol. The first-order chi connectivity index (χ1) is 5.84. The van der Waals surface area contributed by atoms with Crippen LogP contribution in [-0.2, 0) is 0 Å². The molecule has 1 heteroatoms. The van der Waals surface area contributed by atoms with Crippen LogP contribution in [0.15, 0.2) is 30.3 Å². The van der Waals surface area contributed by atoms with Crippen molar-refractivity contribution >= 4 is 11.8 Å². The Balaban J connectivity index is 2.68. The van der Waals surface area contributed by atoms with Crippen LogP contribution in [-0.4, -0.2) is 0 Å². The van der Waals surface area contributed by atoms with Crippen LogP contribution < -0.4 is 5.73 Å². The number of nitrogens with two attached hydrogens (primary N) is 1. The van der Waals surface area contributed by atoms with Crippen molar-refractivity contribution in [1.29, 1.82) is 0 Å². The highest BCUT2D eigenvalue weighted by Crippen LogP contribution is 2.12. The minimum absolute atomic E-state index is 0.852. The zero-order valence-corrected chi connectivity index (χ0v) is 7.46. The summed E-state index contributed by atoms with van der Waals surface area (Å²) >= 11 is 0. The summed E-state index contributed by atoms with van der Waals surface area (Å²) in [5.41, 5.74) is 7.72. The van der Waals surface area contributed by atoms with E-state index < -0.39 is 0 Å². The molecule has 0 aliphatic carbocycles. The number of benzene rings is 1. The van der Waals surface area contributed by atoms with Crippen LogP contribution in [0.4, 0.5) is 5.69 Å². The quantitative estimate of drug-likeness (QED) is 0.677. The molecule has 1 nitrogen and oxygen atoms in total. The van der Waals surface area contributed by atoms with E-state index in [-0.39, 0.29) is 0 Å². The number of nitrogen functional groups attached to an aromatic ring is 1. The Morgan fingerprint density at radius 2 is 2.08 bits per heavy atom. The topological polar surface area (TPSA) is 26.0 Å². The molecule has 0 atom stereocenters. The van der Waals surface area contributed by atoms with Crippen molar-refractivity contribution in [3.8, 4) is 0 Å². The molecule has 1 aromatic rings. The van der Waals surface area contributed by atoms with E-state index in [1.165, 1.54) is 6.42 Å². The lowest BCUT2D eigenvalue weighted by Crippen LogP contribution is -1.87. The van der Waals surface area contributed by atoms with Gasteiger partial charge < -0.3 is 5.73 Å². The number of unbranched alkanes of at least 4 members (excludes halogenated alkanes) is 1. The molecule has 0 fully saturated rings. The molecule has 1 aromatic carbocycles. The zero-order chi connectivity index (χ0) is 8.81. The van der Waals surface area contributed by atoms with Crippen LogP contribution >= 0.6 is 0 Å². The van der Waals surface area contributed by atoms with Gasteiger partial charge in [-0.25, -0.2) is 0 Å². The molecule has 64 valence electrons. The Labute approximate surface area is 73.9 Å². The minimum Gasteiger partial charge on any atom is -0.398 e. The number of hydrogen-bond acceptors (Lipinski definition) is 1. The summed E-state index contributed by atoms with van der Waals surface area (Å²) in [6.45, 7) is 2.17. The van der Waals surface area contributed by atoms with Crippen LogP contribution in [0.5, 0.6) is 0 Å². The Morgan fingerprint density at radius 3 is 2.75 bits per heavy atom. The fourth-order valence-electron chi connectivity index (χ4n) is 1.04. The molecule has 0 heterocycles. The molecule has 0 aliphatic heterocycles. The van der Waals surface area contributed by atoms with E-state index in [9.17, 15) is 0 Å². The van der Waals surface area contributed by atoms with Crippen LogP contribution in [0.2, 0.25) is 0 Å². The highest BCUT2D eigenvalue weighted by atomic mass is 14.5. The largest absolute Gasteiger partial charge is 0.398 e. The Kier molecular flexibility index (Phi) is 3.39. The maximum absolute atomic E-state index is 5.75. The average molecular weight is 161 g/mol. The highest BCUT2D eigenvalue weighted by molar-refractivity contribution is 5.63. The van der Waals surface area contributed by atoms with Gasteiger partial charge in [-0.15, -0.1) is 0 Å². The highest BCUT2D eigenvalue weighted by Gasteiger charge is 1.89. The van der Waals surface area contributed by atoms with E-state index in [1.807, 2.05) is 24.3 Å². The van der Waals surface area contributed by atoms with Crippen molar-refractivity contribution in [2.24, 2.45) is 0 Å². The van der Waals surface area contributed by atoms with Gasteiger partial charge in [0, 0.05) is 5.69 Å². The second kappa shape index (κ2) is 4.60. The van der Waals surface area contributed by atoms with Gasteiger partial charge in [0.25, 0.3) is 0 Å². The van der Waals surface area contributed by atoms with E-state index in [2.05, 4.69) is 19.1 Å². The van der Waals surface area contributed by atoms with Crippen LogP contribution in [0, 0.1) is 0 Å². The van der Waals surface area contributed by atoms with Gasteiger partial charge in [-0.2, -0.15) is 0 Å². The van der Waals surface area contributed by atoms with Crippen molar-refractivity contribution < 1.29 is 0 Å². The van der Waals surface area contributed by atoms with E-state index in [1.54, 1.807) is 0 Å². The second-order valence-corrected chi connectivity index (χ2v) is 2.82. The molecule has 0 aromatic heterocycles. The zero-order valence-electron chi connectivity index (χ0n) is 7.46. The summed E-state index contributed by atoms with van der Waals surface area (Å²) < 4.78 is 0. The monoisotopic (exact) mass is 161 g/mol. The van der Waals surface area contributed by atoms with Crippen LogP contribution in [0.1, 0.15) is 25.3 Å². The maximum Gasteiger partial charge on any atom is 0.0387 e. The first-order valence-corrected chi connectivity index (χ1v) is 4.35. The SMILES string of the molecule is CCC/C=C/c1ccccc1N. The van der Waals surface area contributed by atoms with Gasteiger partial charge in [0.05, 0.1) is 0 Å². The van der Waals surface area contributed by atoms with Crippen molar-refractivity contribution in [1.82, 2.24) is 0 Å². The summed E-state index contributed by atoms with van der Waals surface area (Å²) in [6.07, 6.45) is 6.54. The summed E-state index contributed by atoms with van der Waals surface area (Å²) in [4.78, 5) is 0. The molecule has 0 aliphatic rings. The first kappa shape index (κ1) is 8.85. The maximum atomic E-state index is 5.75. The lowest BCUT2D eigenvalue weighted by atomic mass is 10.1. The van der Waals surface area contributed by atoms with Crippen molar-refractivity contribution in [3.63, 3.8) is 0 Å². The number of allylic oxidation sites excluding steroid dienone is 1. The van der Waals surface area contributed by atoms with Gasteiger partial charge in [0.1, 0.15) is 0 Å². The first-order valence-electron chi connectivity index (χ1n) is 4.35. The van der Waals surface area contributed by atoms with Gasteiger partial charge in [0.15, 0.2) is 0 Å². The smallest absolute Gasteiger partial charge is 0.0387 e. The second-order valence-electron chi connectivity index (χ2n) is 2.82. The normalized spacial score (nSPS) is 10.8. The van der Waals surface area contributed by atoms with Crippen LogP contribution in [0.3, 0.4) is 0 Å². The Bertz CT molecular complexity index is 263. The molecule has 0 bridgehead atoms. The molecule has 0 amide bonds.